The van der Waals surface area contributed by atoms with E-state index in [0.29, 0.717) is 11.8 Å². The zero-order valence-electron chi connectivity index (χ0n) is 15.5. The van der Waals surface area contributed by atoms with Crippen LogP contribution in [0.15, 0.2) is 17.4 Å². The predicted molar refractivity (Wildman–Crippen MR) is 96.0 cm³/mol. The molecule has 0 aliphatic carbocycles. The largest absolute Gasteiger partial charge is 0.356 e. The Bertz CT molecular complexity index is 577. The van der Waals surface area contributed by atoms with Crippen molar-refractivity contribution in [2.24, 2.45) is 18.0 Å². The fourth-order valence-corrected chi connectivity index (χ4v) is 2.72. The van der Waals surface area contributed by atoms with Gasteiger partial charge in [-0.25, -0.2) is 4.99 Å². The van der Waals surface area contributed by atoms with E-state index in [9.17, 15) is 4.79 Å². The number of likely N-dealkylation sites (tertiary alicyclic amines) is 1. The number of guanidine groups is 1. The Labute approximate surface area is 144 Å². The standard InChI is InChI=1S/C17H30N6O/c1-13(2)8-18-17(19-10-16(24)21(3)4)23-7-6-14(12-23)15-9-20-22(5)11-15/h9,11,13-14H,6-8,10,12H2,1-5H3,(H,18,19). The highest BCUT2D eigenvalue weighted by molar-refractivity contribution is 5.85. The van der Waals surface area contributed by atoms with Gasteiger partial charge in [-0.2, -0.15) is 5.10 Å². The van der Waals surface area contributed by atoms with Gasteiger partial charge in [0.25, 0.3) is 0 Å². The molecule has 134 valence electrons. The Balaban J connectivity index is 2.03. The van der Waals surface area contributed by atoms with Crippen LogP contribution in [0.3, 0.4) is 0 Å². The normalized spacial score (nSPS) is 18.3. The van der Waals surface area contributed by atoms with Crippen LogP contribution in [0.5, 0.6) is 0 Å². The second-order valence-corrected chi connectivity index (χ2v) is 7.08. The van der Waals surface area contributed by atoms with Gasteiger partial charge in [-0.15, -0.1) is 0 Å². The molecule has 1 aromatic heterocycles. The van der Waals surface area contributed by atoms with Gasteiger partial charge in [0, 0.05) is 52.9 Å². The van der Waals surface area contributed by atoms with Gasteiger partial charge < -0.3 is 15.1 Å². The first-order valence-corrected chi connectivity index (χ1v) is 8.58. The lowest BCUT2D eigenvalue weighted by Crippen LogP contribution is -2.42. The highest BCUT2D eigenvalue weighted by atomic mass is 16.2. The van der Waals surface area contributed by atoms with Crippen LogP contribution >= 0.6 is 0 Å². The van der Waals surface area contributed by atoms with Crippen LogP contribution in [0.1, 0.15) is 31.7 Å². The Morgan fingerprint density at radius 1 is 1.50 bits per heavy atom. The van der Waals surface area contributed by atoms with Crippen molar-refractivity contribution < 1.29 is 4.79 Å². The molecule has 1 aliphatic rings. The molecular formula is C17H30N6O. The molecule has 1 atom stereocenters. The molecule has 7 heteroatoms. The molecule has 1 amide bonds. The Morgan fingerprint density at radius 2 is 2.25 bits per heavy atom. The molecule has 0 bridgehead atoms. The van der Waals surface area contributed by atoms with Crippen LogP contribution in [0.25, 0.3) is 0 Å². The van der Waals surface area contributed by atoms with Gasteiger partial charge in [-0.1, -0.05) is 13.8 Å². The number of aryl methyl sites for hydroxylation is 1. The third kappa shape index (κ3) is 4.97. The lowest BCUT2D eigenvalue weighted by molar-refractivity contribution is -0.127. The summed E-state index contributed by atoms with van der Waals surface area (Å²) in [6.07, 6.45) is 5.11. The van der Waals surface area contributed by atoms with E-state index in [1.807, 2.05) is 17.9 Å². The van der Waals surface area contributed by atoms with Gasteiger partial charge in [-0.05, 0) is 17.9 Å². The summed E-state index contributed by atoms with van der Waals surface area (Å²) in [5.74, 6) is 1.85. The van der Waals surface area contributed by atoms with E-state index in [0.717, 1.165) is 32.0 Å². The van der Waals surface area contributed by atoms with E-state index < -0.39 is 0 Å². The minimum absolute atomic E-state index is 0.0156. The first-order valence-electron chi connectivity index (χ1n) is 8.58. The quantitative estimate of drug-likeness (QED) is 0.642. The van der Waals surface area contributed by atoms with Crippen LogP contribution in [0.2, 0.25) is 0 Å². The number of carbonyl (C=O) groups excluding carboxylic acids is 1. The van der Waals surface area contributed by atoms with E-state index in [1.54, 1.807) is 19.0 Å². The second-order valence-electron chi connectivity index (χ2n) is 7.08. The number of aromatic nitrogens is 2. The fourth-order valence-electron chi connectivity index (χ4n) is 2.72. The highest BCUT2D eigenvalue weighted by Gasteiger charge is 2.27. The van der Waals surface area contributed by atoms with Crippen molar-refractivity contribution in [1.29, 1.82) is 0 Å². The maximum absolute atomic E-state index is 11.9. The predicted octanol–water partition coefficient (Wildman–Crippen LogP) is 0.899. The van der Waals surface area contributed by atoms with Crippen LogP contribution < -0.4 is 5.32 Å². The number of nitrogens with one attached hydrogen (secondary N) is 1. The molecule has 0 spiro atoms. The van der Waals surface area contributed by atoms with Crippen LogP contribution in [-0.4, -0.2) is 71.7 Å². The van der Waals surface area contributed by atoms with Gasteiger partial charge in [0.15, 0.2) is 5.96 Å². The van der Waals surface area contributed by atoms with Crippen molar-refractivity contribution >= 4 is 11.9 Å². The maximum atomic E-state index is 11.9. The van der Waals surface area contributed by atoms with E-state index in [4.69, 9.17) is 0 Å². The summed E-state index contributed by atoms with van der Waals surface area (Å²) in [6, 6.07) is 0. The third-order valence-electron chi connectivity index (χ3n) is 4.22. The number of likely N-dealkylation sites (N-methyl/N-ethyl adjacent to an activating group) is 1. The summed E-state index contributed by atoms with van der Waals surface area (Å²) in [5, 5.41) is 7.69. The molecule has 7 nitrogen and oxygen atoms in total. The number of amides is 1. The van der Waals surface area contributed by atoms with Crippen molar-refractivity contribution in [2.75, 3.05) is 40.3 Å². The van der Waals surface area contributed by atoms with Gasteiger partial charge in [-0.3, -0.25) is 9.48 Å². The number of aliphatic imine (C=N–C) groups is 1. The zero-order chi connectivity index (χ0) is 17.7. The topological polar surface area (TPSA) is 65.8 Å². The van der Waals surface area contributed by atoms with E-state index in [-0.39, 0.29) is 12.5 Å². The smallest absolute Gasteiger partial charge is 0.243 e. The summed E-state index contributed by atoms with van der Waals surface area (Å²) < 4.78 is 1.85. The minimum Gasteiger partial charge on any atom is -0.356 e. The molecule has 2 rings (SSSR count). The number of rotatable bonds is 5. The minimum atomic E-state index is 0.0156. The number of hydrogen-bond donors (Lipinski definition) is 1. The van der Waals surface area contributed by atoms with Crippen molar-refractivity contribution in [3.63, 3.8) is 0 Å². The third-order valence-corrected chi connectivity index (χ3v) is 4.22. The summed E-state index contributed by atoms with van der Waals surface area (Å²) in [4.78, 5) is 20.2. The molecule has 1 aromatic rings. The van der Waals surface area contributed by atoms with Gasteiger partial charge in [0.2, 0.25) is 5.91 Å². The maximum Gasteiger partial charge on any atom is 0.243 e. The monoisotopic (exact) mass is 334 g/mol. The van der Waals surface area contributed by atoms with Gasteiger partial charge in [0.1, 0.15) is 6.54 Å². The molecule has 1 aliphatic heterocycles. The Kier molecular flexibility index (Phi) is 6.23. The molecule has 2 heterocycles. The van der Waals surface area contributed by atoms with E-state index in [2.05, 4.69) is 40.4 Å². The lowest BCUT2D eigenvalue weighted by atomic mass is 10.0. The van der Waals surface area contributed by atoms with Crippen molar-refractivity contribution in [3.8, 4) is 0 Å². The number of hydrogen-bond acceptors (Lipinski definition) is 3. The zero-order valence-corrected chi connectivity index (χ0v) is 15.5. The van der Waals surface area contributed by atoms with Crippen molar-refractivity contribution in [1.82, 2.24) is 24.9 Å². The first kappa shape index (κ1) is 18.3. The lowest BCUT2D eigenvalue weighted by Gasteiger charge is -2.23. The average molecular weight is 334 g/mol. The molecule has 1 N–H and O–H groups in total. The average Bonchev–Trinajstić information content (AvgIpc) is 3.15. The molecule has 24 heavy (non-hydrogen) atoms. The van der Waals surface area contributed by atoms with Crippen molar-refractivity contribution in [3.05, 3.63) is 18.0 Å². The molecule has 0 aromatic carbocycles. The molecular weight excluding hydrogens is 304 g/mol. The van der Waals surface area contributed by atoms with Crippen LogP contribution in [0, 0.1) is 5.92 Å². The molecule has 1 saturated heterocycles. The van der Waals surface area contributed by atoms with E-state index in [1.165, 1.54) is 5.56 Å². The molecule has 1 fully saturated rings. The Morgan fingerprint density at radius 3 is 2.83 bits per heavy atom. The molecule has 1 unspecified atom stereocenters. The SMILES string of the molecule is CC(C)CNC(=NCC(=O)N(C)C)N1CCC(c2cnn(C)c2)C1. The van der Waals surface area contributed by atoms with Crippen LogP contribution in [0.4, 0.5) is 0 Å². The van der Waals surface area contributed by atoms with Gasteiger partial charge >= 0.3 is 0 Å². The fraction of sp³-hybridized carbons (Fsp3) is 0.706. The summed E-state index contributed by atoms with van der Waals surface area (Å²) in [5.41, 5.74) is 1.27. The van der Waals surface area contributed by atoms with Crippen LogP contribution in [-0.2, 0) is 11.8 Å². The highest BCUT2D eigenvalue weighted by Crippen LogP contribution is 2.26. The second kappa shape index (κ2) is 8.17. The Hall–Kier alpha value is -2.05. The van der Waals surface area contributed by atoms with Gasteiger partial charge in [0.05, 0.1) is 6.20 Å². The summed E-state index contributed by atoms with van der Waals surface area (Å²) in [6.45, 7) is 7.21. The number of nitrogens with zero attached hydrogens (tertiary/aromatic N) is 5. The summed E-state index contributed by atoms with van der Waals surface area (Å²) >= 11 is 0. The van der Waals surface area contributed by atoms with Crippen molar-refractivity contribution in [2.45, 2.75) is 26.2 Å². The summed E-state index contributed by atoms with van der Waals surface area (Å²) in [7, 11) is 5.46. The molecule has 0 saturated carbocycles. The molecule has 0 radical (unpaired) electrons. The first-order chi connectivity index (χ1) is 11.4. The number of carbonyl (C=O) groups is 1. The van der Waals surface area contributed by atoms with E-state index >= 15 is 0 Å².